The van der Waals surface area contributed by atoms with Gasteiger partial charge in [-0.1, -0.05) is 19.3 Å². The fourth-order valence-electron chi connectivity index (χ4n) is 2.38. The summed E-state index contributed by atoms with van der Waals surface area (Å²) in [6, 6.07) is 0. The highest BCUT2D eigenvalue weighted by molar-refractivity contribution is 8.00. The van der Waals surface area contributed by atoms with E-state index in [1.54, 1.807) is 12.4 Å². The zero-order valence-electron chi connectivity index (χ0n) is 10.3. The third kappa shape index (κ3) is 3.03. The van der Waals surface area contributed by atoms with Crippen LogP contribution < -0.4 is 11.1 Å². The molecule has 1 aromatic rings. The van der Waals surface area contributed by atoms with Crippen LogP contribution in [0.5, 0.6) is 0 Å². The molecule has 1 saturated carbocycles. The first-order chi connectivity index (χ1) is 8.26. The van der Waals surface area contributed by atoms with Gasteiger partial charge in [0.1, 0.15) is 0 Å². The SMILES string of the molecule is CSC1(CNc2nccnc2N)CCCCC1. The molecule has 3 N–H and O–H groups in total. The molecule has 0 aliphatic heterocycles. The number of hydrogen-bond donors (Lipinski definition) is 2. The summed E-state index contributed by atoms with van der Waals surface area (Å²) in [5.74, 6) is 1.20. The summed E-state index contributed by atoms with van der Waals surface area (Å²) < 4.78 is 0.349. The molecule has 0 unspecified atom stereocenters. The summed E-state index contributed by atoms with van der Waals surface area (Å²) in [5, 5.41) is 3.35. The lowest BCUT2D eigenvalue weighted by Gasteiger charge is -2.36. The largest absolute Gasteiger partial charge is 0.381 e. The van der Waals surface area contributed by atoms with Crippen molar-refractivity contribution in [2.24, 2.45) is 0 Å². The molecule has 0 spiro atoms. The Labute approximate surface area is 107 Å². The Hall–Kier alpha value is -0.970. The van der Waals surface area contributed by atoms with Gasteiger partial charge in [-0.2, -0.15) is 11.8 Å². The topological polar surface area (TPSA) is 63.8 Å². The molecule has 0 bridgehead atoms. The van der Waals surface area contributed by atoms with E-state index in [0.717, 1.165) is 6.54 Å². The molecule has 0 amide bonds. The Morgan fingerprint density at radius 2 is 2.00 bits per heavy atom. The molecule has 1 fully saturated rings. The van der Waals surface area contributed by atoms with Crippen molar-refractivity contribution in [2.75, 3.05) is 23.9 Å². The van der Waals surface area contributed by atoms with Crippen LogP contribution in [0.1, 0.15) is 32.1 Å². The summed E-state index contributed by atoms with van der Waals surface area (Å²) in [6.07, 6.45) is 12.1. The van der Waals surface area contributed by atoms with Crippen molar-refractivity contribution in [3.8, 4) is 0 Å². The van der Waals surface area contributed by atoms with E-state index >= 15 is 0 Å². The highest BCUT2D eigenvalue weighted by atomic mass is 32.2. The van der Waals surface area contributed by atoms with Gasteiger partial charge in [0.2, 0.25) is 0 Å². The molecule has 1 aromatic heterocycles. The average Bonchev–Trinajstić information content (AvgIpc) is 2.39. The Morgan fingerprint density at radius 1 is 1.29 bits per heavy atom. The van der Waals surface area contributed by atoms with Crippen molar-refractivity contribution in [1.29, 1.82) is 0 Å². The van der Waals surface area contributed by atoms with Crippen LogP contribution in [0, 0.1) is 0 Å². The summed E-state index contributed by atoms with van der Waals surface area (Å²) in [7, 11) is 0. The van der Waals surface area contributed by atoms with Gasteiger partial charge in [0.15, 0.2) is 11.6 Å². The van der Waals surface area contributed by atoms with Crippen LogP contribution in [0.3, 0.4) is 0 Å². The second-order valence-corrected chi connectivity index (χ2v) is 5.87. The number of nitrogens with two attached hydrogens (primary N) is 1. The van der Waals surface area contributed by atoms with E-state index in [1.165, 1.54) is 32.1 Å². The first kappa shape index (κ1) is 12.5. The second kappa shape index (κ2) is 5.58. The normalized spacial score (nSPS) is 18.9. The fraction of sp³-hybridized carbons (Fsp3) is 0.667. The van der Waals surface area contributed by atoms with Gasteiger partial charge in [-0.25, -0.2) is 9.97 Å². The summed E-state index contributed by atoms with van der Waals surface area (Å²) in [6.45, 7) is 0.928. The van der Waals surface area contributed by atoms with Crippen LogP contribution >= 0.6 is 11.8 Å². The van der Waals surface area contributed by atoms with Crippen molar-refractivity contribution in [3.05, 3.63) is 12.4 Å². The Bertz CT molecular complexity index is 363. The van der Waals surface area contributed by atoms with Gasteiger partial charge in [0.25, 0.3) is 0 Å². The Balaban J connectivity index is 1.98. The number of nitrogen functional groups attached to an aromatic ring is 1. The van der Waals surface area contributed by atoms with Crippen LogP contribution in [0.4, 0.5) is 11.6 Å². The lowest BCUT2D eigenvalue weighted by molar-refractivity contribution is 0.411. The zero-order chi connectivity index (χ0) is 12.1. The molecule has 0 atom stereocenters. The minimum Gasteiger partial charge on any atom is -0.381 e. The molecule has 2 rings (SSSR count). The van der Waals surface area contributed by atoms with Crippen LogP contribution in [-0.4, -0.2) is 27.5 Å². The van der Waals surface area contributed by atoms with Crippen LogP contribution in [-0.2, 0) is 0 Å². The number of nitrogens with one attached hydrogen (secondary N) is 1. The molecule has 5 heteroatoms. The fourth-order valence-corrected chi connectivity index (χ4v) is 3.29. The van der Waals surface area contributed by atoms with Gasteiger partial charge in [-0.05, 0) is 19.1 Å². The Kier molecular flexibility index (Phi) is 4.10. The summed E-state index contributed by atoms with van der Waals surface area (Å²) in [5.41, 5.74) is 5.78. The molecular formula is C12H20N4S. The highest BCUT2D eigenvalue weighted by Crippen LogP contribution is 2.38. The van der Waals surface area contributed by atoms with Crippen LogP contribution in [0.25, 0.3) is 0 Å². The molecule has 1 heterocycles. The lowest BCUT2D eigenvalue weighted by atomic mass is 9.88. The summed E-state index contributed by atoms with van der Waals surface area (Å²) in [4.78, 5) is 8.26. The van der Waals surface area contributed by atoms with Gasteiger partial charge >= 0.3 is 0 Å². The molecule has 0 saturated heterocycles. The first-order valence-corrected chi connectivity index (χ1v) is 7.34. The molecule has 0 aromatic carbocycles. The minimum atomic E-state index is 0.349. The predicted molar refractivity (Wildman–Crippen MR) is 74.3 cm³/mol. The van der Waals surface area contributed by atoms with Crippen LogP contribution in [0.15, 0.2) is 12.4 Å². The van der Waals surface area contributed by atoms with Gasteiger partial charge in [0, 0.05) is 23.7 Å². The van der Waals surface area contributed by atoms with Gasteiger partial charge in [0.05, 0.1) is 0 Å². The molecule has 4 nitrogen and oxygen atoms in total. The van der Waals surface area contributed by atoms with E-state index in [4.69, 9.17) is 5.73 Å². The number of anilines is 2. The quantitative estimate of drug-likeness (QED) is 0.862. The molecule has 1 aliphatic rings. The number of nitrogens with zero attached hydrogens (tertiary/aromatic N) is 2. The van der Waals surface area contributed by atoms with Crippen LogP contribution in [0.2, 0.25) is 0 Å². The van der Waals surface area contributed by atoms with Gasteiger partial charge in [-0.3, -0.25) is 0 Å². The molecular weight excluding hydrogens is 232 g/mol. The number of thioether (sulfide) groups is 1. The van der Waals surface area contributed by atoms with E-state index < -0.39 is 0 Å². The highest BCUT2D eigenvalue weighted by Gasteiger charge is 2.31. The maximum Gasteiger partial charge on any atom is 0.168 e. The summed E-state index contributed by atoms with van der Waals surface area (Å²) >= 11 is 1.97. The molecule has 0 radical (unpaired) electrons. The third-order valence-corrected chi connectivity index (χ3v) is 4.92. The molecule has 17 heavy (non-hydrogen) atoms. The number of rotatable bonds is 4. The van der Waals surface area contributed by atoms with E-state index in [2.05, 4.69) is 21.5 Å². The lowest BCUT2D eigenvalue weighted by Crippen LogP contribution is -2.35. The third-order valence-electron chi connectivity index (χ3n) is 3.50. The smallest absolute Gasteiger partial charge is 0.168 e. The maximum atomic E-state index is 5.78. The van der Waals surface area contributed by atoms with E-state index in [0.29, 0.717) is 16.4 Å². The standard InChI is InChI=1S/C12H20N4S/c1-17-12(5-3-2-4-6-12)9-16-11-10(13)14-7-8-15-11/h7-8H,2-6,9H2,1H3,(H2,13,14)(H,15,16). The minimum absolute atomic E-state index is 0.349. The molecule has 1 aliphatic carbocycles. The number of aromatic nitrogens is 2. The Morgan fingerprint density at radius 3 is 2.65 bits per heavy atom. The first-order valence-electron chi connectivity index (χ1n) is 6.11. The van der Waals surface area contributed by atoms with Crippen molar-refractivity contribution >= 4 is 23.4 Å². The van der Waals surface area contributed by atoms with Gasteiger partial charge in [-0.15, -0.1) is 0 Å². The predicted octanol–water partition coefficient (Wildman–Crippen LogP) is 2.54. The monoisotopic (exact) mass is 252 g/mol. The van der Waals surface area contributed by atoms with Gasteiger partial charge < -0.3 is 11.1 Å². The van der Waals surface area contributed by atoms with E-state index in [9.17, 15) is 0 Å². The zero-order valence-corrected chi connectivity index (χ0v) is 11.1. The van der Waals surface area contributed by atoms with Crippen molar-refractivity contribution in [3.63, 3.8) is 0 Å². The number of hydrogen-bond acceptors (Lipinski definition) is 5. The van der Waals surface area contributed by atoms with E-state index in [-0.39, 0.29) is 0 Å². The van der Waals surface area contributed by atoms with E-state index in [1.807, 2.05) is 11.8 Å². The van der Waals surface area contributed by atoms with Crippen molar-refractivity contribution < 1.29 is 0 Å². The van der Waals surface area contributed by atoms with Crippen molar-refractivity contribution in [2.45, 2.75) is 36.9 Å². The second-order valence-electron chi connectivity index (χ2n) is 4.59. The maximum absolute atomic E-state index is 5.78. The molecule has 94 valence electrons. The van der Waals surface area contributed by atoms with Crippen molar-refractivity contribution in [1.82, 2.24) is 9.97 Å². The average molecular weight is 252 g/mol.